The van der Waals surface area contributed by atoms with E-state index in [-0.39, 0.29) is 11.7 Å². The number of halogens is 1. The normalized spacial score (nSPS) is 12.5. The molecule has 0 saturated carbocycles. The van der Waals surface area contributed by atoms with Crippen LogP contribution in [-0.2, 0) is 6.42 Å². The van der Waals surface area contributed by atoms with Crippen molar-refractivity contribution in [3.8, 4) is 0 Å². The van der Waals surface area contributed by atoms with E-state index in [1.807, 2.05) is 0 Å². The van der Waals surface area contributed by atoms with Crippen LogP contribution in [0.1, 0.15) is 12.5 Å². The molecule has 14 heavy (non-hydrogen) atoms. The van der Waals surface area contributed by atoms with Crippen LogP contribution < -0.4 is 5.73 Å². The van der Waals surface area contributed by atoms with Crippen LogP contribution in [0.25, 0.3) is 0 Å². The molecule has 0 amide bonds. The van der Waals surface area contributed by atoms with E-state index >= 15 is 0 Å². The van der Waals surface area contributed by atoms with E-state index in [4.69, 9.17) is 17.3 Å². The minimum Gasteiger partial charge on any atom is -0.328 e. The molecule has 0 heterocycles. The van der Waals surface area contributed by atoms with Gasteiger partial charge in [0.25, 0.3) is 5.69 Å². The van der Waals surface area contributed by atoms with Gasteiger partial charge in [-0.15, -0.1) is 0 Å². The molecule has 1 aromatic rings. The lowest BCUT2D eigenvalue weighted by Crippen LogP contribution is -2.18. The SMILES string of the molecule is C[C@@H](N)Cc1c(Cl)cccc1[N+](=O)[O-]. The number of nitro groups is 1. The predicted octanol–water partition coefficient (Wildman–Crippen LogP) is 2.14. The number of nitrogens with zero attached hydrogens (tertiary/aromatic N) is 1. The third-order valence-electron chi connectivity index (χ3n) is 1.82. The van der Waals surface area contributed by atoms with Gasteiger partial charge in [-0.3, -0.25) is 10.1 Å². The highest BCUT2D eigenvalue weighted by Crippen LogP contribution is 2.26. The van der Waals surface area contributed by atoms with Gasteiger partial charge in [-0.25, -0.2) is 0 Å². The zero-order valence-corrected chi connectivity index (χ0v) is 8.49. The smallest absolute Gasteiger partial charge is 0.274 e. The zero-order chi connectivity index (χ0) is 10.7. The van der Waals surface area contributed by atoms with Crippen LogP contribution in [0.3, 0.4) is 0 Å². The molecule has 5 heteroatoms. The Hall–Kier alpha value is -1.13. The van der Waals surface area contributed by atoms with Crippen molar-refractivity contribution in [3.63, 3.8) is 0 Å². The summed E-state index contributed by atoms with van der Waals surface area (Å²) in [5.74, 6) is 0. The second-order valence-electron chi connectivity index (χ2n) is 3.18. The minimum absolute atomic E-state index is 0.0369. The summed E-state index contributed by atoms with van der Waals surface area (Å²) in [6.45, 7) is 1.78. The van der Waals surface area contributed by atoms with Gasteiger partial charge in [0.1, 0.15) is 0 Å². The first-order valence-corrected chi connectivity index (χ1v) is 4.57. The van der Waals surface area contributed by atoms with Gasteiger partial charge in [0.05, 0.1) is 9.95 Å². The molecule has 0 unspecified atom stereocenters. The van der Waals surface area contributed by atoms with Crippen molar-refractivity contribution < 1.29 is 4.92 Å². The van der Waals surface area contributed by atoms with Gasteiger partial charge in [0, 0.05) is 17.7 Å². The topological polar surface area (TPSA) is 69.2 Å². The Kier molecular flexibility index (Phi) is 3.43. The lowest BCUT2D eigenvalue weighted by atomic mass is 10.1. The second-order valence-corrected chi connectivity index (χ2v) is 3.58. The number of hydrogen-bond acceptors (Lipinski definition) is 3. The first-order valence-electron chi connectivity index (χ1n) is 4.19. The largest absolute Gasteiger partial charge is 0.328 e. The summed E-state index contributed by atoms with van der Waals surface area (Å²) in [6.07, 6.45) is 0.413. The number of rotatable bonds is 3. The van der Waals surface area contributed by atoms with Crippen LogP contribution in [0, 0.1) is 10.1 Å². The van der Waals surface area contributed by atoms with Crippen LogP contribution in [0.2, 0.25) is 5.02 Å². The second kappa shape index (κ2) is 4.39. The summed E-state index contributed by atoms with van der Waals surface area (Å²) in [6, 6.07) is 4.48. The highest BCUT2D eigenvalue weighted by Gasteiger charge is 2.17. The summed E-state index contributed by atoms with van der Waals surface area (Å²) in [5, 5.41) is 11.1. The van der Waals surface area contributed by atoms with Gasteiger partial charge in [0.2, 0.25) is 0 Å². The molecule has 0 spiro atoms. The van der Waals surface area contributed by atoms with Crippen molar-refractivity contribution in [2.75, 3.05) is 0 Å². The van der Waals surface area contributed by atoms with Crippen LogP contribution in [-0.4, -0.2) is 11.0 Å². The van der Waals surface area contributed by atoms with Gasteiger partial charge in [-0.05, 0) is 19.4 Å². The van der Waals surface area contributed by atoms with Gasteiger partial charge < -0.3 is 5.73 Å². The fraction of sp³-hybridized carbons (Fsp3) is 0.333. The Bertz CT molecular complexity index is 353. The van der Waals surface area contributed by atoms with E-state index in [0.717, 1.165) is 0 Å². The Labute approximate surface area is 86.8 Å². The molecule has 2 N–H and O–H groups in total. The van der Waals surface area contributed by atoms with Crippen LogP contribution in [0.4, 0.5) is 5.69 Å². The molecule has 0 radical (unpaired) electrons. The standard InChI is InChI=1S/C9H11ClN2O2/c1-6(11)5-7-8(10)3-2-4-9(7)12(13)14/h2-4,6H,5,11H2,1H3/t6-/m1/s1. The average Bonchev–Trinajstić information content (AvgIpc) is 2.07. The van der Waals surface area contributed by atoms with Crippen molar-refractivity contribution in [1.29, 1.82) is 0 Å². The van der Waals surface area contributed by atoms with Crippen LogP contribution in [0.5, 0.6) is 0 Å². The Morgan fingerprint density at radius 3 is 2.79 bits per heavy atom. The maximum Gasteiger partial charge on any atom is 0.274 e. The molecule has 1 rings (SSSR count). The predicted molar refractivity (Wildman–Crippen MR) is 55.5 cm³/mol. The number of nitro benzene ring substituents is 1. The Morgan fingerprint density at radius 2 is 2.29 bits per heavy atom. The highest BCUT2D eigenvalue weighted by molar-refractivity contribution is 6.31. The Morgan fingerprint density at radius 1 is 1.64 bits per heavy atom. The van der Waals surface area contributed by atoms with Crippen molar-refractivity contribution in [3.05, 3.63) is 38.9 Å². The van der Waals surface area contributed by atoms with E-state index in [9.17, 15) is 10.1 Å². The van der Waals surface area contributed by atoms with E-state index in [1.54, 1.807) is 19.1 Å². The molecule has 0 bridgehead atoms. The zero-order valence-electron chi connectivity index (χ0n) is 7.74. The van der Waals surface area contributed by atoms with Gasteiger partial charge in [-0.1, -0.05) is 17.7 Å². The fourth-order valence-electron chi connectivity index (χ4n) is 1.24. The van der Waals surface area contributed by atoms with Crippen LogP contribution in [0.15, 0.2) is 18.2 Å². The fourth-order valence-corrected chi connectivity index (χ4v) is 1.49. The Balaban J connectivity index is 3.15. The molecule has 0 aliphatic rings. The summed E-state index contributed by atoms with van der Waals surface area (Å²) in [5.41, 5.74) is 6.13. The number of benzene rings is 1. The van der Waals surface area contributed by atoms with Crippen molar-refractivity contribution in [2.24, 2.45) is 5.73 Å². The molecule has 76 valence electrons. The quantitative estimate of drug-likeness (QED) is 0.619. The van der Waals surface area contributed by atoms with E-state index in [2.05, 4.69) is 0 Å². The molecule has 4 nitrogen and oxygen atoms in total. The maximum atomic E-state index is 10.7. The van der Waals surface area contributed by atoms with Crippen molar-refractivity contribution >= 4 is 17.3 Å². The molecular weight excluding hydrogens is 204 g/mol. The molecule has 0 aliphatic carbocycles. The summed E-state index contributed by atoms with van der Waals surface area (Å²) in [7, 11) is 0. The highest BCUT2D eigenvalue weighted by atomic mass is 35.5. The maximum absolute atomic E-state index is 10.7. The van der Waals surface area contributed by atoms with Crippen LogP contribution >= 0.6 is 11.6 Å². The molecule has 1 aromatic carbocycles. The van der Waals surface area contributed by atoms with Crippen molar-refractivity contribution in [2.45, 2.75) is 19.4 Å². The monoisotopic (exact) mass is 214 g/mol. The molecule has 0 aliphatic heterocycles. The summed E-state index contributed by atoms with van der Waals surface area (Å²) in [4.78, 5) is 10.2. The van der Waals surface area contributed by atoms with Gasteiger partial charge in [0.15, 0.2) is 0 Å². The molecule has 0 aromatic heterocycles. The lowest BCUT2D eigenvalue weighted by molar-refractivity contribution is -0.385. The first-order chi connectivity index (χ1) is 6.52. The number of hydrogen-bond donors (Lipinski definition) is 1. The molecule has 0 saturated heterocycles. The van der Waals surface area contributed by atoms with E-state index < -0.39 is 4.92 Å². The number of nitrogens with two attached hydrogens (primary N) is 1. The third kappa shape index (κ3) is 2.43. The van der Waals surface area contributed by atoms with E-state index in [1.165, 1.54) is 6.07 Å². The molecule has 1 atom stereocenters. The third-order valence-corrected chi connectivity index (χ3v) is 2.17. The van der Waals surface area contributed by atoms with Gasteiger partial charge in [-0.2, -0.15) is 0 Å². The average molecular weight is 215 g/mol. The minimum atomic E-state index is -0.441. The molecular formula is C9H11ClN2O2. The van der Waals surface area contributed by atoms with Crippen molar-refractivity contribution in [1.82, 2.24) is 0 Å². The summed E-state index contributed by atoms with van der Waals surface area (Å²) < 4.78 is 0. The lowest BCUT2D eigenvalue weighted by Gasteiger charge is -2.07. The first kappa shape index (κ1) is 10.9. The van der Waals surface area contributed by atoms with E-state index in [0.29, 0.717) is 17.0 Å². The van der Waals surface area contributed by atoms with Gasteiger partial charge >= 0.3 is 0 Å². The molecule has 0 fully saturated rings. The summed E-state index contributed by atoms with van der Waals surface area (Å²) >= 11 is 5.86.